The first-order valence-corrected chi connectivity index (χ1v) is 8.52. The van der Waals surface area contributed by atoms with Crippen LogP contribution in [-0.4, -0.2) is 35.0 Å². The third kappa shape index (κ3) is 3.62. The van der Waals surface area contributed by atoms with Crippen molar-refractivity contribution in [1.29, 1.82) is 0 Å². The third-order valence-electron chi connectivity index (χ3n) is 4.44. The van der Waals surface area contributed by atoms with Gasteiger partial charge in [-0.1, -0.05) is 17.7 Å². The predicted molar refractivity (Wildman–Crippen MR) is 100 cm³/mol. The van der Waals surface area contributed by atoms with Crippen molar-refractivity contribution < 1.29 is 24.2 Å². The first-order valence-electron chi connectivity index (χ1n) is 8.52. The summed E-state index contributed by atoms with van der Waals surface area (Å²) in [7, 11) is 0. The topological polar surface area (TPSA) is 95.9 Å². The van der Waals surface area contributed by atoms with Gasteiger partial charge in [0.05, 0.1) is 11.3 Å². The molecule has 1 aliphatic rings. The van der Waals surface area contributed by atoms with Crippen molar-refractivity contribution in [3.8, 4) is 5.75 Å². The normalized spacial score (nSPS) is 16.9. The van der Waals surface area contributed by atoms with Crippen LogP contribution in [0.5, 0.6) is 5.75 Å². The van der Waals surface area contributed by atoms with Gasteiger partial charge in [-0.15, -0.1) is 0 Å². The molecule has 0 aromatic heterocycles. The number of benzene rings is 2. The zero-order valence-electron chi connectivity index (χ0n) is 15.2. The molecule has 2 atom stereocenters. The fourth-order valence-electron chi connectivity index (χ4n) is 2.90. The number of aromatic carboxylic acids is 1. The van der Waals surface area contributed by atoms with E-state index in [4.69, 9.17) is 9.84 Å². The molecule has 0 bridgehead atoms. The van der Waals surface area contributed by atoms with Gasteiger partial charge in [-0.25, -0.2) is 4.79 Å². The van der Waals surface area contributed by atoms with Crippen molar-refractivity contribution in [2.45, 2.75) is 32.9 Å². The molecule has 1 heterocycles. The minimum atomic E-state index is -1.09. The smallest absolute Gasteiger partial charge is 0.335 e. The summed E-state index contributed by atoms with van der Waals surface area (Å²) in [6.07, 6.45) is -0.823. The molecular formula is C20H20N2O5. The van der Waals surface area contributed by atoms with E-state index in [1.165, 1.54) is 23.1 Å². The number of rotatable bonds is 4. The van der Waals surface area contributed by atoms with Crippen LogP contribution >= 0.6 is 0 Å². The summed E-state index contributed by atoms with van der Waals surface area (Å²) in [5, 5.41) is 11.9. The zero-order valence-corrected chi connectivity index (χ0v) is 15.2. The lowest BCUT2D eigenvalue weighted by Crippen LogP contribution is -2.52. The number of anilines is 2. The Morgan fingerprint density at radius 2 is 1.85 bits per heavy atom. The van der Waals surface area contributed by atoms with Gasteiger partial charge in [-0.05, 0) is 51.1 Å². The second-order valence-electron chi connectivity index (χ2n) is 6.49. The predicted octanol–water partition coefficient (Wildman–Crippen LogP) is 2.83. The van der Waals surface area contributed by atoms with Crippen molar-refractivity contribution in [3.05, 3.63) is 53.6 Å². The summed E-state index contributed by atoms with van der Waals surface area (Å²) in [6, 6.07) is 10.8. The number of hydrogen-bond acceptors (Lipinski definition) is 4. The lowest BCUT2D eigenvalue weighted by Gasteiger charge is -2.36. The van der Waals surface area contributed by atoms with Crippen molar-refractivity contribution in [2.24, 2.45) is 0 Å². The van der Waals surface area contributed by atoms with Gasteiger partial charge in [0.25, 0.3) is 5.91 Å². The molecule has 140 valence electrons. The van der Waals surface area contributed by atoms with Crippen molar-refractivity contribution in [3.63, 3.8) is 0 Å². The number of amides is 2. The van der Waals surface area contributed by atoms with Crippen LogP contribution in [0.3, 0.4) is 0 Å². The summed E-state index contributed by atoms with van der Waals surface area (Å²) < 4.78 is 5.54. The van der Waals surface area contributed by atoms with E-state index in [-0.39, 0.29) is 23.1 Å². The molecule has 3 rings (SSSR count). The average molecular weight is 368 g/mol. The fraction of sp³-hybridized carbons (Fsp3) is 0.250. The number of fused-ring (bicyclic) bond motifs is 1. The maximum absolute atomic E-state index is 12.7. The van der Waals surface area contributed by atoms with Crippen molar-refractivity contribution >= 4 is 29.2 Å². The molecule has 2 aromatic rings. The van der Waals surface area contributed by atoms with Crippen LogP contribution in [0.4, 0.5) is 11.4 Å². The lowest BCUT2D eigenvalue weighted by molar-refractivity contribution is -0.128. The van der Waals surface area contributed by atoms with E-state index in [1.54, 1.807) is 26.0 Å². The summed E-state index contributed by atoms with van der Waals surface area (Å²) in [5.74, 6) is -1.55. The van der Waals surface area contributed by atoms with Gasteiger partial charge < -0.3 is 15.2 Å². The number of ether oxygens (including phenoxy) is 1. The third-order valence-corrected chi connectivity index (χ3v) is 4.44. The highest BCUT2D eigenvalue weighted by Gasteiger charge is 2.37. The Morgan fingerprint density at radius 1 is 1.19 bits per heavy atom. The molecule has 7 heteroatoms. The molecule has 2 N–H and O–H groups in total. The molecule has 0 fully saturated rings. The highest BCUT2D eigenvalue weighted by molar-refractivity contribution is 6.08. The first kappa shape index (κ1) is 18.4. The van der Waals surface area contributed by atoms with Crippen LogP contribution in [0, 0.1) is 6.92 Å². The zero-order chi connectivity index (χ0) is 19.7. The van der Waals surface area contributed by atoms with Crippen LogP contribution in [0.15, 0.2) is 42.5 Å². The Kier molecular flexibility index (Phi) is 4.85. The van der Waals surface area contributed by atoms with Gasteiger partial charge in [0, 0.05) is 5.69 Å². The lowest BCUT2D eigenvalue weighted by atomic mass is 10.1. The molecule has 0 radical (unpaired) electrons. The maximum Gasteiger partial charge on any atom is 0.335 e. The number of aryl methyl sites for hydroxylation is 1. The Labute approximate surface area is 156 Å². The van der Waals surface area contributed by atoms with Crippen LogP contribution in [0.25, 0.3) is 0 Å². The highest BCUT2D eigenvalue weighted by atomic mass is 16.5. The van der Waals surface area contributed by atoms with E-state index < -0.39 is 18.1 Å². The number of carboxylic acids is 1. The molecule has 7 nitrogen and oxygen atoms in total. The number of carboxylic acid groups (broad SMARTS) is 1. The van der Waals surface area contributed by atoms with E-state index in [9.17, 15) is 14.4 Å². The molecule has 0 aliphatic carbocycles. The molecule has 1 aliphatic heterocycles. The monoisotopic (exact) mass is 368 g/mol. The van der Waals surface area contributed by atoms with Gasteiger partial charge in [-0.3, -0.25) is 14.5 Å². The van der Waals surface area contributed by atoms with Gasteiger partial charge in [0.15, 0.2) is 6.10 Å². The Hall–Kier alpha value is -3.35. The number of carbonyl (C=O) groups is 3. The number of nitrogens with one attached hydrogen (secondary N) is 1. The summed E-state index contributed by atoms with van der Waals surface area (Å²) in [6.45, 7) is 5.13. The van der Waals surface area contributed by atoms with Gasteiger partial charge in [0.1, 0.15) is 11.8 Å². The van der Waals surface area contributed by atoms with Gasteiger partial charge in [-0.2, -0.15) is 0 Å². The summed E-state index contributed by atoms with van der Waals surface area (Å²) in [4.78, 5) is 37.9. The van der Waals surface area contributed by atoms with Crippen LogP contribution in [0.1, 0.15) is 29.8 Å². The Balaban J connectivity index is 1.90. The molecule has 0 saturated carbocycles. The number of nitrogens with zero attached hydrogens (tertiary/aromatic N) is 1. The van der Waals surface area contributed by atoms with Gasteiger partial charge >= 0.3 is 5.97 Å². The molecule has 2 unspecified atom stereocenters. The molecule has 2 aromatic carbocycles. The van der Waals surface area contributed by atoms with Crippen LogP contribution in [0.2, 0.25) is 0 Å². The second-order valence-corrected chi connectivity index (χ2v) is 6.49. The fourth-order valence-corrected chi connectivity index (χ4v) is 2.90. The second kappa shape index (κ2) is 7.11. The van der Waals surface area contributed by atoms with E-state index in [0.29, 0.717) is 11.4 Å². The number of hydrogen-bond donors (Lipinski definition) is 2. The van der Waals surface area contributed by atoms with E-state index in [2.05, 4.69) is 5.32 Å². The average Bonchev–Trinajstić information content (AvgIpc) is 2.63. The van der Waals surface area contributed by atoms with Crippen molar-refractivity contribution in [2.75, 3.05) is 10.2 Å². The van der Waals surface area contributed by atoms with Crippen molar-refractivity contribution in [1.82, 2.24) is 0 Å². The van der Waals surface area contributed by atoms with E-state index in [1.807, 2.05) is 19.1 Å². The highest BCUT2D eigenvalue weighted by Crippen LogP contribution is 2.36. The Morgan fingerprint density at radius 3 is 2.48 bits per heavy atom. The SMILES string of the molecule is Cc1ccc(NC(=O)C(C)N2C(=O)C(C)Oc3cc(C(=O)O)ccc32)cc1. The largest absolute Gasteiger partial charge is 0.479 e. The molecule has 2 amide bonds. The van der Waals surface area contributed by atoms with Crippen LogP contribution in [-0.2, 0) is 9.59 Å². The molecule has 27 heavy (non-hydrogen) atoms. The molecular weight excluding hydrogens is 348 g/mol. The first-order chi connectivity index (χ1) is 12.8. The summed E-state index contributed by atoms with van der Waals surface area (Å²) >= 11 is 0. The van der Waals surface area contributed by atoms with Crippen LogP contribution < -0.4 is 15.0 Å². The minimum absolute atomic E-state index is 0.0482. The van der Waals surface area contributed by atoms with Gasteiger partial charge in [0.2, 0.25) is 5.91 Å². The Bertz CT molecular complexity index is 907. The molecule has 0 saturated heterocycles. The quantitative estimate of drug-likeness (QED) is 0.865. The molecule has 0 spiro atoms. The summed E-state index contributed by atoms with van der Waals surface area (Å²) in [5.41, 5.74) is 2.12. The number of carbonyl (C=O) groups excluding carboxylic acids is 2. The van der Waals surface area contributed by atoms with E-state index >= 15 is 0 Å². The standard InChI is InChI=1S/C20H20N2O5/c1-11-4-7-15(8-5-11)21-18(23)12(2)22-16-9-6-14(20(25)26)10-17(16)27-13(3)19(22)24/h4-10,12-13H,1-3H3,(H,21,23)(H,25,26). The van der Waals surface area contributed by atoms with E-state index in [0.717, 1.165) is 5.56 Å². The minimum Gasteiger partial charge on any atom is -0.479 e. The maximum atomic E-state index is 12.7.